The first kappa shape index (κ1) is 14.1. The average molecular weight is 296 g/mol. The Morgan fingerprint density at radius 3 is 2.55 bits per heavy atom. The number of aromatic carboxylic acids is 1. The van der Waals surface area contributed by atoms with Crippen LogP contribution in [0.1, 0.15) is 22.8 Å². The van der Waals surface area contributed by atoms with E-state index in [0.29, 0.717) is 6.54 Å². The molecule has 1 unspecified atom stereocenters. The number of carboxylic acids is 1. The van der Waals surface area contributed by atoms with Gasteiger partial charge in [0.2, 0.25) is 5.91 Å². The minimum atomic E-state index is -0.955. The van der Waals surface area contributed by atoms with Crippen LogP contribution < -0.4 is 10.2 Å². The lowest BCUT2D eigenvalue weighted by molar-refractivity contribution is -0.119. The second kappa shape index (κ2) is 5.52. The molecule has 0 spiro atoms. The van der Waals surface area contributed by atoms with Crippen molar-refractivity contribution in [2.75, 3.05) is 10.2 Å². The molecule has 1 heterocycles. The van der Waals surface area contributed by atoms with Gasteiger partial charge in [-0.15, -0.1) is 0 Å². The number of carboxylic acid groups (broad SMARTS) is 1. The third kappa shape index (κ3) is 2.53. The molecular formula is C17H16N2O3. The molecule has 1 aliphatic heterocycles. The van der Waals surface area contributed by atoms with Gasteiger partial charge in [0.05, 0.1) is 23.5 Å². The number of hydrogen-bond acceptors (Lipinski definition) is 3. The summed E-state index contributed by atoms with van der Waals surface area (Å²) in [7, 11) is 0. The highest BCUT2D eigenvalue weighted by Gasteiger charge is 2.29. The predicted molar refractivity (Wildman–Crippen MR) is 84.1 cm³/mol. The normalized spacial score (nSPS) is 16.9. The third-order valence-corrected chi connectivity index (χ3v) is 3.74. The average Bonchev–Trinajstić information content (AvgIpc) is 2.52. The van der Waals surface area contributed by atoms with Crippen molar-refractivity contribution in [3.05, 3.63) is 59.7 Å². The maximum atomic E-state index is 12.4. The zero-order valence-corrected chi connectivity index (χ0v) is 12.1. The third-order valence-electron chi connectivity index (χ3n) is 3.74. The molecule has 0 saturated carbocycles. The summed E-state index contributed by atoms with van der Waals surface area (Å²) in [6.45, 7) is 2.25. The SMILES string of the molecule is CC1Nc2ccccc2N(Cc2ccc(C(=O)O)cc2)C1=O. The van der Waals surface area contributed by atoms with Crippen LogP contribution in [0, 0.1) is 0 Å². The highest BCUT2D eigenvalue weighted by atomic mass is 16.4. The summed E-state index contributed by atoms with van der Waals surface area (Å²) in [4.78, 5) is 25.1. The van der Waals surface area contributed by atoms with Gasteiger partial charge in [0.25, 0.3) is 0 Å². The van der Waals surface area contributed by atoms with Gasteiger partial charge in [0, 0.05) is 0 Å². The fourth-order valence-electron chi connectivity index (χ4n) is 2.58. The molecule has 0 fully saturated rings. The first-order valence-corrected chi connectivity index (χ1v) is 7.05. The fraction of sp³-hybridized carbons (Fsp3) is 0.176. The highest BCUT2D eigenvalue weighted by molar-refractivity contribution is 6.04. The van der Waals surface area contributed by atoms with Crippen molar-refractivity contribution in [3.8, 4) is 0 Å². The molecule has 112 valence electrons. The molecule has 0 aromatic heterocycles. The molecule has 1 amide bonds. The molecule has 1 atom stereocenters. The molecule has 3 rings (SSSR count). The number of anilines is 2. The number of nitrogens with zero attached hydrogens (tertiary/aromatic N) is 1. The Morgan fingerprint density at radius 1 is 1.18 bits per heavy atom. The van der Waals surface area contributed by atoms with Gasteiger partial charge in [-0.05, 0) is 36.8 Å². The van der Waals surface area contributed by atoms with Crippen LogP contribution in [0.3, 0.4) is 0 Å². The van der Waals surface area contributed by atoms with Gasteiger partial charge in [0.1, 0.15) is 6.04 Å². The minimum absolute atomic E-state index is 0.000936. The number of nitrogens with one attached hydrogen (secondary N) is 1. The second-order valence-corrected chi connectivity index (χ2v) is 5.31. The lowest BCUT2D eigenvalue weighted by Crippen LogP contribution is -2.45. The smallest absolute Gasteiger partial charge is 0.335 e. The zero-order chi connectivity index (χ0) is 15.7. The molecule has 0 bridgehead atoms. The number of carbonyl (C=O) groups excluding carboxylic acids is 1. The van der Waals surface area contributed by atoms with Gasteiger partial charge in [-0.1, -0.05) is 24.3 Å². The van der Waals surface area contributed by atoms with E-state index in [-0.39, 0.29) is 17.5 Å². The molecule has 0 aliphatic carbocycles. The van der Waals surface area contributed by atoms with Crippen LogP contribution in [0.2, 0.25) is 0 Å². The van der Waals surface area contributed by atoms with E-state index in [1.165, 1.54) is 0 Å². The number of fused-ring (bicyclic) bond motifs is 1. The van der Waals surface area contributed by atoms with Crippen LogP contribution in [-0.4, -0.2) is 23.0 Å². The van der Waals surface area contributed by atoms with Crippen LogP contribution in [0.5, 0.6) is 0 Å². The summed E-state index contributed by atoms with van der Waals surface area (Å²) in [5.74, 6) is -0.954. The standard InChI is InChI=1S/C17H16N2O3/c1-11-16(20)19(15-5-3-2-4-14(15)18-11)10-12-6-8-13(9-7-12)17(21)22/h2-9,11,18H,10H2,1H3,(H,21,22). The summed E-state index contributed by atoms with van der Waals surface area (Å²) >= 11 is 0. The Morgan fingerprint density at radius 2 is 1.86 bits per heavy atom. The van der Waals surface area contributed by atoms with Crippen molar-refractivity contribution in [2.24, 2.45) is 0 Å². The van der Waals surface area contributed by atoms with Crippen LogP contribution in [-0.2, 0) is 11.3 Å². The lowest BCUT2D eigenvalue weighted by atomic mass is 10.1. The number of carbonyl (C=O) groups is 2. The van der Waals surface area contributed by atoms with Crippen molar-refractivity contribution in [2.45, 2.75) is 19.5 Å². The van der Waals surface area contributed by atoms with Crippen molar-refractivity contribution < 1.29 is 14.7 Å². The molecule has 0 radical (unpaired) electrons. The molecule has 2 aromatic carbocycles. The fourth-order valence-corrected chi connectivity index (χ4v) is 2.58. The van der Waals surface area contributed by atoms with Crippen LogP contribution in [0.4, 0.5) is 11.4 Å². The Labute approximate surface area is 128 Å². The highest BCUT2D eigenvalue weighted by Crippen LogP contribution is 2.32. The number of hydrogen-bond donors (Lipinski definition) is 2. The number of para-hydroxylation sites is 2. The van der Waals surface area contributed by atoms with E-state index in [9.17, 15) is 9.59 Å². The van der Waals surface area contributed by atoms with Gasteiger partial charge in [-0.25, -0.2) is 4.79 Å². The monoisotopic (exact) mass is 296 g/mol. The molecule has 2 aromatic rings. The maximum absolute atomic E-state index is 12.4. The Kier molecular flexibility index (Phi) is 3.55. The van der Waals surface area contributed by atoms with Crippen LogP contribution in [0.15, 0.2) is 48.5 Å². The first-order valence-electron chi connectivity index (χ1n) is 7.05. The summed E-state index contributed by atoms with van der Waals surface area (Å²) in [5.41, 5.74) is 2.90. The van der Waals surface area contributed by atoms with E-state index in [0.717, 1.165) is 16.9 Å². The molecule has 0 saturated heterocycles. The van der Waals surface area contributed by atoms with Gasteiger partial charge in [0.15, 0.2) is 0 Å². The Hall–Kier alpha value is -2.82. The van der Waals surface area contributed by atoms with E-state index in [1.54, 1.807) is 29.2 Å². The zero-order valence-electron chi connectivity index (χ0n) is 12.1. The number of rotatable bonds is 3. The second-order valence-electron chi connectivity index (χ2n) is 5.31. The molecule has 2 N–H and O–H groups in total. The van der Waals surface area contributed by atoms with E-state index in [2.05, 4.69) is 5.32 Å². The van der Waals surface area contributed by atoms with E-state index in [1.807, 2.05) is 31.2 Å². The topological polar surface area (TPSA) is 69.6 Å². The summed E-state index contributed by atoms with van der Waals surface area (Å²) < 4.78 is 0. The number of amides is 1. The van der Waals surface area contributed by atoms with Crippen molar-refractivity contribution in [3.63, 3.8) is 0 Å². The van der Waals surface area contributed by atoms with Gasteiger partial charge in [-0.3, -0.25) is 4.79 Å². The summed E-state index contributed by atoms with van der Waals surface area (Å²) in [6.07, 6.45) is 0. The maximum Gasteiger partial charge on any atom is 0.335 e. The first-order chi connectivity index (χ1) is 10.6. The van der Waals surface area contributed by atoms with Gasteiger partial charge < -0.3 is 15.3 Å². The van der Waals surface area contributed by atoms with Crippen molar-refractivity contribution >= 4 is 23.3 Å². The largest absolute Gasteiger partial charge is 0.478 e. The van der Waals surface area contributed by atoms with Gasteiger partial charge >= 0.3 is 5.97 Å². The molecule has 1 aliphatic rings. The minimum Gasteiger partial charge on any atom is -0.478 e. The van der Waals surface area contributed by atoms with E-state index < -0.39 is 5.97 Å². The van der Waals surface area contributed by atoms with Crippen LogP contribution in [0.25, 0.3) is 0 Å². The Bertz CT molecular complexity index is 725. The lowest BCUT2D eigenvalue weighted by Gasteiger charge is -2.34. The Balaban J connectivity index is 1.90. The molecule has 5 nitrogen and oxygen atoms in total. The van der Waals surface area contributed by atoms with Gasteiger partial charge in [-0.2, -0.15) is 0 Å². The molecular weight excluding hydrogens is 280 g/mol. The van der Waals surface area contributed by atoms with Crippen molar-refractivity contribution in [1.29, 1.82) is 0 Å². The molecule has 5 heteroatoms. The molecule has 22 heavy (non-hydrogen) atoms. The van der Waals surface area contributed by atoms with E-state index >= 15 is 0 Å². The summed E-state index contributed by atoms with van der Waals surface area (Å²) in [6, 6.07) is 14.0. The number of benzene rings is 2. The quantitative estimate of drug-likeness (QED) is 0.913. The van der Waals surface area contributed by atoms with Crippen LogP contribution >= 0.6 is 0 Å². The van der Waals surface area contributed by atoms with E-state index in [4.69, 9.17) is 5.11 Å². The summed E-state index contributed by atoms with van der Waals surface area (Å²) in [5, 5.41) is 12.1. The van der Waals surface area contributed by atoms with Crippen molar-refractivity contribution in [1.82, 2.24) is 0 Å². The predicted octanol–water partition coefficient (Wildman–Crippen LogP) is 2.73.